The van der Waals surface area contributed by atoms with Crippen LogP contribution >= 0.6 is 0 Å². The van der Waals surface area contributed by atoms with Crippen LogP contribution in [0.15, 0.2) is 0 Å². The number of likely N-dealkylation sites (N-methyl/N-ethyl adjacent to an activating group) is 1. The predicted molar refractivity (Wildman–Crippen MR) is 81.6 cm³/mol. The van der Waals surface area contributed by atoms with E-state index in [4.69, 9.17) is 5.73 Å². The Morgan fingerprint density at radius 1 is 1.43 bits per heavy atom. The summed E-state index contributed by atoms with van der Waals surface area (Å²) in [7, 11) is 3.97. The lowest BCUT2D eigenvalue weighted by Crippen LogP contribution is -2.43. The third kappa shape index (κ3) is 4.17. The summed E-state index contributed by atoms with van der Waals surface area (Å²) < 4.78 is 0. The van der Waals surface area contributed by atoms with Gasteiger partial charge in [-0.05, 0) is 39.4 Å². The van der Waals surface area contributed by atoms with Gasteiger partial charge in [0, 0.05) is 32.1 Å². The van der Waals surface area contributed by atoms with Crippen molar-refractivity contribution in [2.24, 2.45) is 17.6 Å². The third-order valence-corrected chi connectivity index (χ3v) is 4.69. The summed E-state index contributed by atoms with van der Waals surface area (Å²) in [5, 5.41) is 3.12. The Balaban J connectivity index is 1.82. The molecular weight excluding hydrogens is 268 g/mol. The van der Waals surface area contributed by atoms with Crippen LogP contribution in [0.3, 0.4) is 0 Å². The van der Waals surface area contributed by atoms with Gasteiger partial charge in [0.05, 0.1) is 5.92 Å². The molecule has 2 rings (SSSR count). The lowest BCUT2D eigenvalue weighted by atomic mass is 10.0. The molecule has 2 aliphatic rings. The second kappa shape index (κ2) is 7.22. The van der Waals surface area contributed by atoms with Crippen molar-refractivity contribution in [2.45, 2.75) is 31.7 Å². The molecule has 1 aliphatic carbocycles. The molecule has 1 heterocycles. The maximum atomic E-state index is 12.4. The maximum Gasteiger partial charge on any atom is 0.225 e. The second-order valence-electron chi connectivity index (χ2n) is 6.59. The first-order chi connectivity index (χ1) is 10.0. The van der Waals surface area contributed by atoms with Crippen LogP contribution in [0.5, 0.6) is 0 Å². The highest BCUT2D eigenvalue weighted by Crippen LogP contribution is 2.26. The summed E-state index contributed by atoms with van der Waals surface area (Å²) in [5.74, 6) is 0.328. The average Bonchev–Trinajstić information content (AvgIpc) is 3.02. The Labute approximate surface area is 127 Å². The number of rotatable bonds is 6. The van der Waals surface area contributed by atoms with E-state index < -0.39 is 0 Å². The lowest BCUT2D eigenvalue weighted by molar-refractivity contribution is -0.129. The monoisotopic (exact) mass is 296 g/mol. The Bertz CT molecular complexity index is 386. The molecule has 21 heavy (non-hydrogen) atoms. The van der Waals surface area contributed by atoms with Gasteiger partial charge < -0.3 is 20.9 Å². The van der Waals surface area contributed by atoms with Crippen LogP contribution in [0.2, 0.25) is 0 Å². The summed E-state index contributed by atoms with van der Waals surface area (Å²) in [5.41, 5.74) is 5.75. The number of hydrogen-bond acceptors (Lipinski definition) is 4. The van der Waals surface area contributed by atoms with Gasteiger partial charge in [0.25, 0.3) is 0 Å². The van der Waals surface area contributed by atoms with Gasteiger partial charge in [-0.2, -0.15) is 0 Å². The van der Waals surface area contributed by atoms with Gasteiger partial charge in [-0.25, -0.2) is 0 Å². The number of hydrogen-bond donors (Lipinski definition) is 2. The van der Waals surface area contributed by atoms with Crippen LogP contribution in [-0.2, 0) is 9.59 Å². The lowest BCUT2D eigenvalue weighted by Gasteiger charge is -2.22. The molecule has 6 heteroatoms. The summed E-state index contributed by atoms with van der Waals surface area (Å²) in [6, 6.07) is 0.202. The van der Waals surface area contributed by atoms with E-state index in [0.717, 1.165) is 25.8 Å². The number of carbonyl (C=O) groups is 2. The first-order valence-electron chi connectivity index (χ1n) is 7.94. The van der Waals surface area contributed by atoms with Crippen LogP contribution in [0.1, 0.15) is 25.7 Å². The molecular formula is C15H28N4O2. The molecule has 3 unspecified atom stereocenters. The summed E-state index contributed by atoms with van der Waals surface area (Å²) in [6.07, 6.45) is 3.59. The summed E-state index contributed by atoms with van der Waals surface area (Å²) in [6.45, 7) is 2.71. The third-order valence-electron chi connectivity index (χ3n) is 4.69. The molecule has 120 valence electrons. The molecule has 0 bridgehead atoms. The Kier molecular flexibility index (Phi) is 5.58. The van der Waals surface area contributed by atoms with Gasteiger partial charge in [0.15, 0.2) is 0 Å². The van der Waals surface area contributed by atoms with Crippen molar-refractivity contribution in [3.63, 3.8) is 0 Å². The fourth-order valence-electron chi connectivity index (χ4n) is 3.29. The Morgan fingerprint density at radius 2 is 2.19 bits per heavy atom. The zero-order valence-corrected chi connectivity index (χ0v) is 13.2. The number of amides is 2. The largest absolute Gasteiger partial charge is 0.353 e. The van der Waals surface area contributed by atoms with E-state index in [9.17, 15) is 9.59 Å². The minimum absolute atomic E-state index is 0.0288. The first kappa shape index (κ1) is 16.2. The fraction of sp³-hybridized carbons (Fsp3) is 0.867. The Morgan fingerprint density at radius 3 is 2.86 bits per heavy atom. The standard InChI is InChI=1S/C15H28N4O2/c1-18(2)6-7-19-10-12(8-14(19)20)15(21)17-13-5-3-4-11(13)9-16/h11-13H,3-10,16H2,1-2H3,(H,17,21). The molecule has 1 saturated heterocycles. The van der Waals surface area contributed by atoms with E-state index in [2.05, 4.69) is 5.32 Å². The van der Waals surface area contributed by atoms with Crippen molar-refractivity contribution >= 4 is 11.8 Å². The van der Waals surface area contributed by atoms with Crippen molar-refractivity contribution in [1.29, 1.82) is 0 Å². The molecule has 0 radical (unpaired) electrons. The van der Waals surface area contributed by atoms with E-state index in [1.807, 2.05) is 19.0 Å². The van der Waals surface area contributed by atoms with Crippen molar-refractivity contribution in [1.82, 2.24) is 15.1 Å². The fourth-order valence-corrected chi connectivity index (χ4v) is 3.29. The minimum atomic E-state index is -0.196. The maximum absolute atomic E-state index is 12.4. The van der Waals surface area contributed by atoms with E-state index in [1.165, 1.54) is 0 Å². The normalized spacial score (nSPS) is 29.4. The molecule has 2 fully saturated rings. The zero-order valence-electron chi connectivity index (χ0n) is 13.2. The SMILES string of the molecule is CN(C)CCN1CC(C(=O)NC2CCCC2CN)CC1=O. The topological polar surface area (TPSA) is 78.7 Å². The molecule has 3 atom stereocenters. The highest BCUT2D eigenvalue weighted by molar-refractivity contribution is 5.89. The quantitative estimate of drug-likeness (QED) is 0.701. The molecule has 1 aliphatic heterocycles. The number of nitrogens with one attached hydrogen (secondary N) is 1. The van der Waals surface area contributed by atoms with Gasteiger partial charge in [-0.15, -0.1) is 0 Å². The van der Waals surface area contributed by atoms with E-state index >= 15 is 0 Å². The number of likely N-dealkylation sites (tertiary alicyclic amines) is 1. The first-order valence-corrected chi connectivity index (χ1v) is 7.94. The van der Waals surface area contributed by atoms with Gasteiger partial charge in [-0.1, -0.05) is 6.42 Å². The molecule has 3 N–H and O–H groups in total. The van der Waals surface area contributed by atoms with Crippen LogP contribution in [0.25, 0.3) is 0 Å². The summed E-state index contributed by atoms with van der Waals surface area (Å²) >= 11 is 0. The number of carbonyl (C=O) groups excluding carboxylic acids is 2. The second-order valence-corrected chi connectivity index (χ2v) is 6.59. The molecule has 0 aromatic carbocycles. The molecule has 1 saturated carbocycles. The van der Waals surface area contributed by atoms with Gasteiger partial charge in [-0.3, -0.25) is 9.59 Å². The zero-order chi connectivity index (χ0) is 15.4. The molecule has 2 amide bonds. The van der Waals surface area contributed by atoms with Crippen LogP contribution < -0.4 is 11.1 Å². The molecule has 0 aromatic heterocycles. The Hall–Kier alpha value is -1.14. The predicted octanol–water partition coefficient (Wildman–Crippen LogP) is -0.360. The summed E-state index contributed by atoms with van der Waals surface area (Å²) in [4.78, 5) is 28.2. The van der Waals surface area contributed by atoms with Gasteiger partial charge in [0.1, 0.15) is 0 Å². The van der Waals surface area contributed by atoms with Crippen LogP contribution in [0.4, 0.5) is 0 Å². The van der Waals surface area contributed by atoms with Crippen LogP contribution in [0, 0.1) is 11.8 Å². The van der Waals surface area contributed by atoms with Crippen molar-refractivity contribution < 1.29 is 9.59 Å². The van der Waals surface area contributed by atoms with E-state index in [1.54, 1.807) is 4.90 Å². The van der Waals surface area contributed by atoms with Gasteiger partial charge >= 0.3 is 0 Å². The van der Waals surface area contributed by atoms with Crippen molar-refractivity contribution in [3.8, 4) is 0 Å². The highest BCUT2D eigenvalue weighted by atomic mass is 16.2. The number of nitrogens with zero attached hydrogens (tertiary/aromatic N) is 2. The van der Waals surface area contributed by atoms with Crippen LogP contribution in [-0.4, -0.2) is 67.9 Å². The van der Waals surface area contributed by atoms with E-state index in [-0.39, 0.29) is 23.8 Å². The molecule has 6 nitrogen and oxygen atoms in total. The van der Waals surface area contributed by atoms with Gasteiger partial charge in [0.2, 0.25) is 11.8 Å². The average molecular weight is 296 g/mol. The molecule has 0 aromatic rings. The number of nitrogens with two attached hydrogens (primary N) is 1. The molecule has 0 spiro atoms. The smallest absolute Gasteiger partial charge is 0.225 e. The minimum Gasteiger partial charge on any atom is -0.353 e. The van der Waals surface area contributed by atoms with E-state index in [0.29, 0.717) is 32.0 Å². The van der Waals surface area contributed by atoms with Crippen molar-refractivity contribution in [3.05, 3.63) is 0 Å². The highest BCUT2D eigenvalue weighted by Gasteiger charge is 2.36. The van der Waals surface area contributed by atoms with Crippen molar-refractivity contribution in [2.75, 3.05) is 40.3 Å².